The van der Waals surface area contributed by atoms with E-state index in [0.717, 1.165) is 32.5 Å². The summed E-state index contributed by atoms with van der Waals surface area (Å²) in [4.78, 5) is 14.1. The number of rotatable bonds is 4. The number of carbonyl (C=O) groups is 1. The third-order valence-electron chi connectivity index (χ3n) is 3.83. The number of amides is 1. The van der Waals surface area contributed by atoms with Crippen molar-refractivity contribution in [3.63, 3.8) is 0 Å². The van der Waals surface area contributed by atoms with Gasteiger partial charge >= 0.3 is 0 Å². The molecule has 0 unspecified atom stereocenters. The topological polar surface area (TPSA) is 32.3 Å². The van der Waals surface area contributed by atoms with Gasteiger partial charge in [0.15, 0.2) is 0 Å². The highest BCUT2D eigenvalue weighted by molar-refractivity contribution is 5.77. The molecule has 0 aromatic heterocycles. The van der Waals surface area contributed by atoms with Crippen molar-refractivity contribution < 1.29 is 4.79 Å². The maximum atomic E-state index is 12.0. The van der Waals surface area contributed by atoms with Crippen molar-refractivity contribution in [2.24, 2.45) is 0 Å². The zero-order valence-corrected chi connectivity index (χ0v) is 12.0. The molecular formula is C16H24N2O. The third-order valence-corrected chi connectivity index (χ3v) is 3.83. The second-order valence-corrected chi connectivity index (χ2v) is 5.39. The molecule has 0 saturated carbocycles. The molecule has 0 radical (unpaired) electrons. The lowest BCUT2D eigenvalue weighted by molar-refractivity contribution is -0.131. The van der Waals surface area contributed by atoms with Crippen molar-refractivity contribution in [3.8, 4) is 0 Å². The molecule has 0 spiro atoms. The van der Waals surface area contributed by atoms with Crippen molar-refractivity contribution >= 4 is 11.6 Å². The molecule has 0 bridgehead atoms. The minimum atomic E-state index is 0.290. The van der Waals surface area contributed by atoms with E-state index in [1.807, 2.05) is 4.90 Å². The van der Waals surface area contributed by atoms with Crippen LogP contribution in [0, 0.1) is 13.8 Å². The van der Waals surface area contributed by atoms with Crippen LogP contribution in [0.5, 0.6) is 0 Å². The van der Waals surface area contributed by atoms with E-state index in [1.54, 1.807) is 0 Å². The summed E-state index contributed by atoms with van der Waals surface area (Å²) < 4.78 is 0. The molecule has 1 aliphatic heterocycles. The van der Waals surface area contributed by atoms with Gasteiger partial charge in [-0.15, -0.1) is 0 Å². The Morgan fingerprint density at radius 3 is 2.42 bits per heavy atom. The number of aryl methyl sites for hydroxylation is 2. The normalized spacial score (nSPS) is 15.4. The lowest BCUT2D eigenvalue weighted by Crippen LogP contribution is -2.36. The van der Waals surface area contributed by atoms with Crippen LogP contribution in [0.1, 0.15) is 36.8 Å². The van der Waals surface area contributed by atoms with Crippen LogP contribution in [0.4, 0.5) is 5.69 Å². The van der Waals surface area contributed by atoms with E-state index >= 15 is 0 Å². The third kappa shape index (κ3) is 3.72. The average molecular weight is 260 g/mol. The van der Waals surface area contributed by atoms with Gasteiger partial charge in [0.2, 0.25) is 5.91 Å². The van der Waals surface area contributed by atoms with E-state index in [-0.39, 0.29) is 0 Å². The number of likely N-dealkylation sites (tertiary alicyclic amines) is 1. The summed E-state index contributed by atoms with van der Waals surface area (Å²) in [7, 11) is 0. The lowest BCUT2D eigenvalue weighted by atomic mass is 10.1. The molecule has 2 rings (SSSR count). The summed E-state index contributed by atoms with van der Waals surface area (Å²) in [6.07, 6.45) is 4.18. The first kappa shape index (κ1) is 13.9. The average Bonchev–Trinajstić information content (AvgIpc) is 2.43. The van der Waals surface area contributed by atoms with Crippen LogP contribution < -0.4 is 5.32 Å². The zero-order chi connectivity index (χ0) is 13.7. The first-order valence-electron chi connectivity index (χ1n) is 7.26. The molecule has 3 nitrogen and oxygen atoms in total. The highest BCUT2D eigenvalue weighted by Crippen LogP contribution is 2.19. The van der Waals surface area contributed by atoms with Gasteiger partial charge in [-0.25, -0.2) is 0 Å². The van der Waals surface area contributed by atoms with E-state index in [9.17, 15) is 4.79 Å². The Labute approximate surface area is 116 Å². The van der Waals surface area contributed by atoms with Crippen LogP contribution in [-0.4, -0.2) is 30.4 Å². The Balaban J connectivity index is 1.81. The lowest BCUT2D eigenvalue weighted by Gasteiger charge is -2.26. The molecule has 0 atom stereocenters. The number of para-hydroxylation sites is 1. The van der Waals surface area contributed by atoms with Gasteiger partial charge in [0.25, 0.3) is 0 Å². The van der Waals surface area contributed by atoms with Gasteiger partial charge in [-0.2, -0.15) is 0 Å². The fourth-order valence-corrected chi connectivity index (χ4v) is 2.69. The number of hydrogen-bond acceptors (Lipinski definition) is 2. The van der Waals surface area contributed by atoms with Gasteiger partial charge < -0.3 is 10.2 Å². The van der Waals surface area contributed by atoms with Crippen LogP contribution in [0.25, 0.3) is 0 Å². The molecular weight excluding hydrogens is 236 g/mol. The molecule has 3 heteroatoms. The minimum absolute atomic E-state index is 0.290. The first-order chi connectivity index (χ1) is 9.18. The van der Waals surface area contributed by atoms with Gasteiger partial charge in [-0.05, 0) is 44.2 Å². The smallest absolute Gasteiger partial charge is 0.224 e. The van der Waals surface area contributed by atoms with Crippen LogP contribution in [-0.2, 0) is 4.79 Å². The van der Waals surface area contributed by atoms with Gasteiger partial charge in [0.1, 0.15) is 0 Å². The number of anilines is 1. The Morgan fingerprint density at radius 2 is 1.79 bits per heavy atom. The molecule has 1 amide bonds. The van der Waals surface area contributed by atoms with Crippen molar-refractivity contribution in [1.82, 2.24) is 4.90 Å². The summed E-state index contributed by atoms with van der Waals surface area (Å²) in [5.41, 5.74) is 3.66. The van der Waals surface area contributed by atoms with Crippen molar-refractivity contribution in [2.75, 3.05) is 25.0 Å². The van der Waals surface area contributed by atoms with Crippen molar-refractivity contribution in [1.29, 1.82) is 0 Å². The number of benzene rings is 1. The number of piperidine rings is 1. The summed E-state index contributed by atoms with van der Waals surface area (Å²) in [6.45, 7) is 6.81. The van der Waals surface area contributed by atoms with E-state index in [4.69, 9.17) is 0 Å². The number of nitrogens with zero attached hydrogens (tertiary/aromatic N) is 1. The Morgan fingerprint density at radius 1 is 1.16 bits per heavy atom. The van der Waals surface area contributed by atoms with E-state index < -0.39 is 0 Å². The molecule has 1 saturated heterocycles. The molecule has 1 aromatic carbocycles. The van der Waals surface area contributed by atoms with Crippen molar-refractivity contribution in [3.05, 3.63) is 29.3 Å². The van der Waals surface area contributed by atoms with Gasteiger partial charge in [-0.1, -0.05) is 18.2 Å². The fraction of sp³-hybridized carbons (Fsp3) is 0.562. The molecule has 19 heavy (non-hydrogen) atoms. The van der Waals surface area contributed by atoms with Gasteiger partial charge in [0, 0.05) is 31.7 Å². The predicted octanol–water partition coefficient (Wildman–Crippen LogP) is 3.12. The first-order valence-corrected chi connectivity index (χ1v) is 7.26. The highest BCUT2D eigenvalue weighted by Gasteiger charge is 2.15. The molecule has 1 N–H and O–H groups in total. The van der Waals surface area contributed by atoms with Crippen LogP contribution in [0.15, 0.2) is 18.2 Å². The van der Waals surface area contributed by atoms with E-state index in [2.05, 4.69) is 37.4 Å². The number of carbonyl (C=O) groups excluding carboxylic acids is 1. The second-order valence-electron chi connectivity index (χ2n) is 5.39. The summed E-state index contributed by atoms with van der Waals surface area (Å²) >= 11 is 0. The summed E-state index contributed by atoms with van der Waals surface area (Å²) in [6, 6.07) is 6.26. The summed E-state index contributed by atoms with van der Waals surface area (Å²) in [5, 5.41) is 3.40. The Hall–Kier alpha value is -1.51. The van der Waals surface area contributed by atoms with Crippen LogP contribution >= 0.6 is 0 Å². The van der Waals surface area contributed by atoms with Crippen molar-refractivity contribution in [2.45, 2.75) is 39.5 Å². The molecule has 1 aromatic rings. The van der Waals surface area contributed by atoms with E-state index in [0.29, 0.717) is 12.3 Å². The largest absolute Gasteiger partial charge is 0.384 e. The zero-order valence-electron chi connectivity index (χ0n) is 12.0. The van der Waals surface area contributed by atoms with Crippen LogP contribution in [0.3, 0.4) is 0 Å². The van der Waals surface area contributed by atoms with Crippen LogP contribution in [0.2, 0.25) is 0 Å². The fourth-order valence-electron chi connectivity index (χ4n) is 2.69. The van der Waals surface area contributed by atoms with E-state index in [1.165, 1.54) is 23.2 Å². The van der Waals surface area contributed by atoms with Gasteiger partial charge in [-0.3, -0.25) is 4.79 Å². The monoisotopic (exact) mass is 260 g/mol. The Bertz CT molecular complexity index is 416. The predicted molar refractivity (Wildman–Crippen MR) is 79.5 cm³/mol. The molecule has 104 valence electrons. The maximum absolute atomic E-state index is 12.0. The summed E-state index contributed by atoms with van der Waals surface area (Å²) in [5.74, 6) is 0.290. The highest BCUT2D eigenvalue weighted by atomic mass is 16.2. The number of hydrogen-bond donors (Lipinski definition) is 1. The molecule has 0 aliphatic carbocycles. The minimum Gasteiger partial charge on any atom is -0.384 e. The molecule has 1 fully saturated rings. The SMILES string of the molecule is Cc1cccc(C)c1NCCC(=O)N1CCCCC1. The maximum Gasteiger partial charge on any atom is 0.224 e. The Kier molecular flexibility index (Phi) is 4.83. The second kappa shape index (κ2) is 6.60. The quantitative estimate of drug-likeness (QED) is 0.902. The van der Waals surface area contributed by atoms with Gasteiger partial charge in [0.05, 0.1) is 0 Å². The molecule has 1 heterocycles. The number of nitrogens with one attached hydrogen (secondary N) is 1. The molecule has 1 aliphatic rings. The standard InChI is InChI=1S/C16H24N2O/c1-13-7-6-8-14(2)16(13)17-10-9-15(19)18-11-4-3-5-12-18/h6-8,17H,3-5,9-12H2,1-2H3.